The van der Waals surface area contributed by atoms with Crippen molar-refractivity contribution >= 4 is 0 Å². The van der Waals surface area contributed by atoms with E-state index in [1.807, 2.05) is 17.9 Å². The Morgan fingerprint density at radius 2 is 2.25 bits per heavy atom. The lowest BCUT2D eigenvalue weighted by Gasteiger charge is -2.26. The monoisotopic (exact) mass is 279 g/mol. The highest BCUT2D eigenvalue weighted by molar-refractivity contribution is 5.29. The van der Waals surface area contributed by atoms with Crippen molar-refractivity contribution in [2.75, 3.05) is 13.7 Å². The summed E-state index contributed by atoms with van der Waals surface area (Å²) in [5, 5.41) is 8.11. The van der Waals surface area contributed by atoms with Gasteiger partial charge in [-0.1, -0.05) is 26.7 Å². The molecule has 4 heteroatoms. The van der Waals surface area contributed by atoms with E-state index in [-0.39, 0.29) is 0 Å². The van der Waals surface area contributed by atoms with Crippen LogP contribution in [0.3, 0.4) is 0 Å². The number of hydrogen-bond acceptors (Lipinski definition) is 3. The minimum atomic E-state index is 0.369. The Bertz CT molecular complexity index is 416. The first kappa shape index (κ1) is 15.4. The fourth-order valence-electron chi connectivity index (χ4n) is 3.51. The summed E-state index contributed by atoms with van der Waals surface area (Å²) < 4.78 is 7.49. The topological polar surface area (TPSA) is 39.1 Å². The van der Waals surface area contributed by atoms with Gasteiger partial charge in [0.25, 0.3) is 0 Å². The minimum Gasteiger partial charge on any atom is -0.493 e. The number of ether oxygens (including phenoxy) is 1. The van der Waals surface area contributed by atoms with Crippen molar-refractivity contribution in [3.05, 3.63) is 11.9 Å². The van der Waals surface area contributed by atoms with E-state index in [1.165, 1.54) is 31.4 Å². The Balaban J connectivity index is 2.20. The summed E-state index contributed by atoms with van der Waals surface area (Å²) >= 11 is 0. The van der Waals surface area contributed by atoms with Crippen LogP contribution in [0.25, 0.3) is 0 Å². The molecule has 3 unspecified atom stereocenters. The number of rotatable bonds is 7. The van der Waals surface area contributed by atoms with Gasteiger partial charge < -0.3 is 10.1 Å². The molecular formula is C16H29N3O. The lowest BCUT2D eigenvalue weighted by molar-refractivity contribution is 0.322. The molecule has 1 aliphatic carbocycles. The van der Waals surface area contributed by atoms with Gasteiger partial charge in [-0.2, -0.15) is 5.10 Å². The maximum atomic E-state index is 5.52. The molecule has 1 fully saturated rings. The average Bonchev–Trinajstić information content (AvgIpc) is 3.07. The molecule has 1 aromatic heterocycles. The highest BCUT2D eigenvalue weighted by Gasteiger charge is 2.33. The van der Waals surface area contributed by atoms with Crippen LogP contribution in [-0.4, -0.2) is 23.4 Å². The Labute approximate surface area is 122 Å². The highest BCUT2D eigenvalue weighted by atomic mass is 16.5. The Hall–Kier alpha value is -1.03. The fourth-order valence-corrected chi connectivity index (χ4v) is 3.51. The van der Waals surface area contributed by atoms with Crippen LogP contribution >= 0.6 is 0 Å². The molecule has 0 aromatic carbocycles. The highest BCUT2D eigenvalue weighted by Crippen LogP contribution is 2.42. The number of aryl methyl sites for hydroxylation is 1. The molecule has 0 saturated heterocycles. The molecule has 0 amide bonds. The first-order valence-corrected chi connectivity index (χ1v) is 8.00. The predicted molar refractivity (Wildman–Crippen MR) is 81.9 cm³/mol. The zero-order valence-corrected chi connectivity index (χ0v) is 13.4. The van der Waals surface area contributed by atoms with Gasteiger partial charge >= 0.3 is 0 Å². The van der Waals surface area contributed by atoms with Crippen molar-refractivity contribution in [1.82, 2.24) is 15.1 Å². The first-order chi connectivity index (χ1) is 9.71. The second-order valence-corrected chi connectivity index (χ2v) is 6.00. The van der Waals surface area contributed by atoms with Gasteiger partial charge in [0.05, 0.1) is 25.0 Å². The van der Waals surface area contributed by atoms with E-state index in [9.17, 15) is 0 Å². The van der Waals surface area contributed by atoms with Gasteiger partial charge in [-0.3, -0.25) is 4.68 Å². The zero-order valence-electron chi connectivity index (χ0n) is 13.4. The number of nitrogens with one attached hydrogen (secondary N) is 1. The maximum Gasteiger partial charge on any atom is 0.161 e. The molecule has 0 bridgehead atoms. The molecule has 20 heavy (non-hydrogen) atoms. The van der Waals surface area contributed by atoms with E-state index in [4.69, 9.17) is 4.74 Å². The largest absolute Gasteiger partial charge is 0.493 e. The summed E-state index contributed by atoms with van der Waals surface area (Å²) in [6.07, 6.45) is 8.30. The summed E-state index contributed by atoms with van der Waals surface area (Å²) in [6.45, 7) is 5.58. The molecule has 0 aliphatic heterocycles. The van der Waals surface area contributed by atoms with E-state index < -0.39 is 0 Å². The SMILES string of the molecule is CCCNC(c1c(OC)cnn1C)C1CCC(CC)C1. The standard InChI is InChI=1S/C16H29N3O/c1-5-9-17-15(13-8-7-12(6-2)10-13)16-14(20-4)11-18-19(16)3/h11-13,15,17H,5-10H2,1-4H3. The van der Waals surface area contributed by atoms with Crippen LogP contribution in [0.4, 0.5) is 0 Å². The molecule has 0 spiro atoms. The third-order valence-electron chi connectivity index (χ3n) is 4.71. The number of nitrogens with zero attached hydrogens (tertiary/aromatic N) is 2. The summed E-state index contributed by atoms with van der Waals surface area (Å²) in [7, 11) is 3.76. The molecular weight excluding hydrogens is 250 g/mol. The van der Waals surface area contributed by atoms with Gasteiger partial charge in [-0.15, -0.1) is 0 Å². The van der Waals surface area contributed by atoms with E-state index in [1.54, 1.807) is 7.11 Å². The van der Waals surface area contributed by atoms with Gasteiger partial charge in [-0.25, -0.2) is 0 Å². The Morgan fingerprint density at radius 3 is 2.85 bits per heavy atom. The van der Waals surface area contributed by atoms with Gasteiger partial charge in [0, 0.05) is 7.05 Å². The summed E-state index contributed by atoms with van der Waals surface area (Å²) in [5.41, 5.74) is 1.21. The molecule has 1 heterocycles. The van der Waals surface area contributed by atoms with Crippen molar-refractivity contribution in [3.63, 3.8) is 0 Å². The van der Waals surface area contributed by atoms with Crippen LogP contribution < -0.4 is 10.1 Å². The summed E-state index contributed by atoms with van der Waals surface area (Å²) in [5.74, 6) is 2.52. The van der Waals surface area contributed by atoms with Crippen molar-refractivity contribution in [2.45, 2.75) is 52.0 Å². The van der Waals surface area contributed by atoms with Crippen LogP contribution in [0.2, 0.25) is 0 Å². The number of hydrogen-bond donors (Lipinski definition) is 1. The molecule has 1 N–H and O–H groups in total. The van der Waals surface area contributed by atoms with E-state index in [2.05, 4.69) is 24.3 Å². The number of methoxy groups -OCH3 is 1. The lowest BCUT2D eigenvalue weighted by atomic mass is 9.93. The normalized spacial score (nSPS) is 24.0. The van der Waals surface area contributed by atoms with Crippen LogP contribution in [0.5, 0.6) is 5.75 Å². The van der Waals surface area contributed by atoms with Crippen molar-refractivity contribution in [1.29, 1.82) is 0 Å². The van der Waals surface area contributed by atoms with E-state index >= 15 is 0 Å². The smallest absolute Gasteiger partial charge is 0.161 e. The minimum absolute atomic E-state index is 0.369. The van der Waals surface area contributed by atoms with Crippen molar-refractivity contribution in [3.8, 4) is 5.75 Å². The summed E-state index contributed by atoms with van der Waals surface area (Å²) in [4.78, 5) is 0. The maximum absolute atomic E-state index is 5.52. The Kier molecular flexibility index (Phi) is 5.46. The molecule has 114 valence electrons. The Morgan fingerprint density at radius 1 is 1.45 bits per heavy atom. The van der Waals surface area contributed by atoms with Gasteiger partial charge in [0.2, 0.25) is 0 Å². The molecule has 2 rings (SSSR count). The number of aromatic nitrogens is 2. The van der Waals surface area contributed by atoms with E-state index in [0.717, 1.165) is 24.6 Å². The third-order valence-corrected chi connectivity index (χ3v) is 4.71. The van der Waals surface area contributed by atoms with E-state index in [0.29, 0.717) is 12.0 Å². The molecule has 1 aliphatic rings. The predicted octanol–water partition coefficient (Wildman–Crippen LogP) is 3.30. The van der Waals surface area contributed by atoms with Gasteiger partial charge in [0.15, 0.2) is 5.75 Å². The first-order valence-electron chi connectivity index (χ1n) is 8.00. The molecule has 0 radical (unpaired) electrons. The summed E-state index contributed by atoms with van der Waals surface area (Å²) in [6, 6.07) is 0.369. The molecule has 1 saturated carbocycles. The third kappa shape index (κ3) is 3.17. The zero-order chi connectivity index (χ0) is 14.5. The van der Waals surface area contributed by atoms with Gasteiger partial charge in [0.1, 0.15) is 0 Å². The molecule has 1 aromatic rings. The second-order valence-electron chi connectivity index (χ2n) is 6.00. The van der Waals surface area contributed by atoms with Crippen molar-refractivity contribution in [2.24, 2.45) is 18.9 Å². The van der Waals surface area contributed by atoms with Gasteiger partial charge in [-0.05, 0) is 37.6 Å². The lowest BCUT2D eigenvalue weighted by Crippen LogP contribution is -2.30. The average molecular weight is 279 g/mol. The fraction of sp³-hybridized carbons (Fsp3) is 0.812. The van der Waals surface area contributed by atoms with Crippen LogP contribution in [0.15, 0.2) is 6.20 Å². The van der Waals surface area contributed by atoms with Crippen molar-refractivity contribution < 1.29 is 4.74 Å². The second kappa shape index (κ2) is 7.11. The molecule has 4 nitrogen and oxygen atoms in total. The van der Waals surface area contributed by atoms with Crippen LogP contribution in [0, 0.1) is 11.8 Å². The van der Waals surface area contributed by atoms with Crippen LogP contribution in [-0.2, 0) is 7.05 Å². The quantitative estimate of drug-likeness (QED) is 0.832. The van der Waals surface area contributed by atoms with Crippen LogP contribution in [0.1, 0.15) is 57.7 Å². The molecule has 3 atom stereocenters.